The van der Waals surface area contributed by atoms with Gasteiger partial charge < -0.3 is 9.64 Å². The molecule has 0 aromatic rings. The Morgan fingerprint density at radius 2 is 1.74 bits per heavy atom. The van der Waals surface area contributed by atoms with Gasteiger partial charge >= 0.3 is 0 Å². The highest BCUT2D eigenvalue weighted by Gasteiger charge is 2.22. The zero-order valence-corrected chi connectivity index (χ0v) is 13.2. The van der Waals surface area contributed by atoms with Gasteiger partial charge in [0.15, 0.2) is 0 Å². The molecule has 0 radical (unpaired) electrons. The molecular formula is C15H30N2O2. The van der Waals surface area contributed by atoms with Crippen molar-refractivity contribution in [2.75, 3.05) is 39.3 Å². The van der Waals surface area contributed by atoms with Gasteiger partial charge in [-0.05, 0) is 39.7 Å². The minimum atomic E-state index is -0.241. The summed E-state index contributed by atoms with van der Waals surface area (Å²) in [7, 11) is 0. The van der Waals surface area contributed by atoms with Crippen molar-refractivity contribution in [3.05, 3.63) is 0 Å². The molecule has 0 bridgehead atoms. The number of rotatable bonds is 5. The first kappa shape index (κ1) is 16.4. The van der Waals surface area contributed by atoms with Crippen molar-refractivity contribution >= 4 is 5.91 Å². The summed E-state index contributed by atoms with van der Waals surface area (Å²) in [6, 6.07) is 0. The second kappa shape index (κ2) is 7.25. The van der Waals surface area contributed by atoms with E-state index in [1.165, 1.54) is 6.42 Å². The summed E-state index contributed by atoms with van der Waals surface area (Å²) >= 11 is 0. The van der Waals surface area contributed by atoms with E-state index >= 15 is 0 Å². The summed E-state index contributed by atoms with van der Waals surface area (Å²) in [5, 5.41) is 0. The molecule has 0 aromatic heterocycles. The minimum Gasteiger partial charge on any atom is -0.366 e. The highest BCUT2D eigenvalue weighted by molar-refractivity contribution is 5.77. The van der Waals surface area contributed by atoms with E-state index in [1.54, 1.807) is 0 Å². The van der Waals surface area contributed by atoms with Crippen molar-refractivity contribution in [2.45, 2.75) is 46.6 Å². The van der Waals surface area contributed by atoms with Gasteiger partial charge in [0.05, 0.1) is 5.60 Å². The van der Waals surface area contributed by atoms with Gasteiger partial charge in [0.2, 0.25) is 5.91 Å². The monoisotopic (exact) mass is 270 g/mol. The van der Waals surface area contributed by atoms with Crippen LogP contribution in [-0.2, 0) is 9.53 Å². The molecule has 0 N–H and O–H groups in total. The predicted octanol–water partition coefficient (Wildman–Crippen LogP) is 1.99. The van der Waals surface area contributed by atoms with E-state index in [4.69, 9.17) is 4.74 Å². The maximum absolute atomic E-state index is 12.0. The standard InChI is InChI=1S/C15H30N2O2/c1-13(2)6-7-16-8-10-17(11-9-16)14(18)12-19-15(3,4)5/h13H,6-12H2,1-5H3. The Kier molecular flexibility index (Phi) is 6.27. The van der Waals surface area contributed by atoms with E-state index in [0.717, 1.165) is 38.6 Å². The molecular weight excluding hydrogens is 240 g/mol. The highest BCUT2D eigenvalue weighted by atomic mass is 16.5. The second-order valence-electron chi connectivity index (χ2n) is 6.81. The number of carbonyl (C=O) groups is 1. The van der Waals surface area contributed by atoms with E-state index in [2.05, 4.69) is 18.7 Å². The number of hydrogen-bond acceptors (Lipinski definition) is 3. The molecule has 1 saturated heterocycles. The molecule has 1 rings (SSSR count). The number of carbonyl (C=O) groups excluding carboxylic acids is 1. The number of amides is 1. The van der Waals surface area contributed by atoms with E-state index < -0.39 is 0 Å². The van der Waals surface area contributed by atoms with E-state index in [0.29, 0.717) is 0 Å². The molecule has 1 amide bonds. The van der Waals surface area contributed by atoms with Crippen LogP contribution < -0.4 is 0 Å². The molecule has 0 atom stereocenters. The lowest BCUT2D eigenvalue weighted by molar-refractivity contribution is -0.142. The molecule has 0 unspecified atom stereocenters. The SMILES string of the molecule is CC(C)CCN1CCN(C(=O)COC(C)(C)C)CC1. The Hall–Kier alpha value is -0.610. The van der Waals surface area contributed by atoms with Gasteiger partial charge in [-0.2, -0.15) is 0 Å². The second-order valence-corrected chi connectivity index (χ2v) is 6.81. The topological polar surface area (TPSA) is 32.8 Å². The zero-order valence-electron chi connectivity index (χ0n) is 13.2. The largest absolute Gasteiger partial charge is 0.366 e. The maximum atomic E-state index is 12.0. The van der Waals surface area contributed by atoms with Crippen molar-refractivity contribution in [3.8, 4) is 0 Å². The summed E-state index contributed by atoms with van der Waals surface area (Å²) in [6.07, 6.45) is 1.24. The van der Waals surface area contributed by atoms with Crippen molar-refractivity contribution in [2.24, 2.45) is 5.92 Å². The number of nitrogens with zero attached hydrogens (tertiary/aromatic N) is 2. The quantitative estimate of drug-likeness (QED) is 0.766. The fourth-order valence-corrected chi connectivity index (χ4v) is 2.03. The molecule has 1 fully saturated rings. The first-order valence-corrected chi connectivity index (χ1v) is 7.42. The first-order chi connectivity index (χ1) is 8.78. The van der Waals surface area contributed by atoms with Crippen LogP contribution in [0.3, 0.4) is 0 Å². The van der Waals surface area contributed by atoms with Crippen LogP contribution in [0, 0.1) is 5.92 Å². The third-order valence-corrected chi connectivity index (χ3v) is 3.38. The van der Waals surface area contributed by atoms with Gasteiger partial charge in [-0.15, -0.1) is 0 Å². The van der Waals surface area contributed by atoms with Gasteiger partial charge in [0.1, 0.15) is 6.61 Å². The maximum Gasteiger partial charge on any atom is 0.248 e. The van der Waals surface area contributed by atoms with Crippen LogP contribution in [0.5, 0.6) is 0 Å². The molecule has 1 heterocycles. The fourth-order valence-electron chi connectivity index (χ4n) is 2.03. The van der Waals surface area contributed by atoms with Crippen LogP contribution in [0.2, 0.25) is 0 Å². The molecule has 0 aromatic carbocycles. The van der Waals surface area contributed by atoms with E-state index in [9.17, 15) is 4.79 Å². The Bertz CT molecular complexity index is 276. The first-order valence-electron chi connectivity index (χ1n) is 7.42. The average molecular weight is 270 g/mol. The molecule has 19 heavy (non-hydrogen) atoms. The van der Waals surface area contributed by atoms with Crippen LogP contribution >= 0.6 is 0 Å². The summed E-state index contributed by atoms with van der Waals surface area (Å²) in [5.74, 6) is 0.873. The summed E-state index contributed by atoms with van der Waals surface area (Å²) in [6.45, 7) is 15.5. The number of hydrogen-bond donors (Lipinski definition) is 0. The third kappa shape index (κ3) is 6.92. The van der Waals surface area contributed by atoms with Gasteiger partial charge in [-0.3, -0.25) is 9.69 Å². The molecule has 1 aliphatic heterocycles. The third-order valence-electron chi connectivity index (χ3n) is 3.38. The number of ether oxygens (including phenoxy) is 1. The molecule has 4 heteroatoms. The van der Waals surface area contributed by atoms with Gasteiger partial charge in [0.25, 0.3) is 0 Å². The normalized spacial score (nSPS) is 18.1. The van der Waals surface area contributed by atoms with E-state index in [1.807, 2.05) is 25.7 Å². The lowest BCUT2D eigenvalue weighted by Gasteiger charge is -2.35. The molecule has 0 spiro atoms. The number of piperazine rings is 1. The van der Waals surface area contributed by atoms with Gasteiger partial charge in [-0.1, -0.05) is 13.8 Å². The van der Waals surface area contributed by atoms with Crippen LogP contribution in [0.25, 0.3) is 0 Å². The summed E-state index contributed by atoms with van der Waals surface area (Å²) in [4.78, 5) is 16.4. The van der Waals surface area contributed by atoms with E-state index in [-0.39, 0.29) is 18.1 Å². The smallest absolute Gasteiger partial charge is 0.248 e. The Morgan fingerprint density at radius 3 is 2.21 bits per heavy atom. The van der Waals surface area contributed by atoms with Crippen molar-refractivity contribution in [1.29, 1.82) is 0 Å². The Labute approximate surface area is 118 Å². The zero-order chi connectivity index (χ0) is 14.5. The van der Waals surface area contributed by atoms with Crippen LogP contribution in [0.4, 0.5) is 0 Å². The fraction of sp³-hybridized carbons (Fsp3) is 0.933. The van der Waals surface area contributed by atoms with Gasteiger partial charge in [-0.25, -0.2) is 0 Å². The summed E-state index contributed by atoms with van der Waals surface area (Å²) < 4.78 is 5.55. The highest BCUT2D eigenvalue weighted by Crippen LogP contribution is 2.09. The molecule has 112 valence electrons. The predicted molar refractivity (Wildman–Crippen MR) is 78.2 cm³/mol. The van der Waals surface area contributed by atoms with Crippen molar-refractivity contribution in [3.63, 3.8) is 0 Å². The van der Waals surface area contributed by atoms with Crippen LogP contribution in [0.1, 0.15) is 41.0 Å². The van der Waals surface area contributed by atoms with Crippen molar-refractivity contribution in [1.82, 2.24) is 9.80 Å². The van der Waals surface area contributed by atoms with Gasteiger partial charge in [0, 0.05) is 26.2 Å². The Morgan fingerprint density at radius 1 is 1.16 bits per heavy atom. The molecule has 0 aliphatic carbocycles. The van der Waals surface area contributed by atoms with Crippen LogP contribution in [0.15, 0.2) is 0 Å². The Balaban J connectivity index is 2.23. The molecule has 1 aliphatic rings. The van der Waals surface area contributed by atoms with Crippen LogP contribution in [-0.4, -0.2) is 60.6 Å². The molecule has 0 saturated carbocycles. The average Bonchev–Trinajstić information content (AvgIpc) is 2.33. The molecule has 4 nitrogen and oxygen atoms in total. The minimum absolute atomic E-state index is 0.124. The summed E-state index contributed by atoms with van der Waals surface area (Å²) in [5.41, 5.74) is -0.241. The lowest BCUT2D eigenvalue weighted by Crippen LogP contribution is -2.50. The lowest BCUT2D eigenvalue weighted by atomic mass is 10.1. The van der Waals surface area contributed by atoms with Crippen molar-refractivity contribution < 1.29 is 9.53 Å².